The van der Waals surface area contributed by atoms with Gasteiger partial charge in [-0.15, -0.1) is 0 Å². The van der Waals surface area contributed by atoms with Crippen LogP contribution >= 0.6 is 11.6 Å². The van der Waals surface area contributed by atoms with Crippen molar-refractivity contribution in [1.29, 1.82) is 0 Å². The predicted octanol–water partition coefficient (Wildman–Crippen LogP) is 9.21. The first-order valence-corrected chi connectivity index (χ1v) is 21.8. The molecule has 2 fully saturated rings. The number of nitrogens with one attached hydrogen (secondary N) is 2. The van der Waals surface area contributed by atoms with Gasteiger partial charge >= 0.3 is 0 Å². The number of likely N-dealkylation sites (tertiary alicyclic amines) is 1. The third-order valence-electron chi connectivity index (χ3n) is 11.9. The summed E-state index contributed by atoms with van der Waals surface area (Å²) in [6.45, 7) is 2.63. The number of ether oxygens (including phenoxy) is 2. The Kier molecular flexibility index (Phi) is 15.2. The maximum absolute atomic E-state index is 12.7. The Balaban J connectivity index is 0.900. The van der Waals surface area contributed by atoms with Crippen LogP contribution in [0, 0.1) is 0 Å². The van der Waals surface area contributed by atoms with Crippen molar-refractivity contribution in [2.24, 2.45) is 0 Å². The number of hydrogen-bond donors (Lipinski definition) is 5. The summed E-state index contributed by atoms with van der Waals surface area (Å²) in [7, 11) is 0. The molecule has 0 spiro atoms. The molecule has 11 heteroatoms. The maximum Gasteiger partial charge on any atom is 0.224 e. The molecule has 0 aromatic heterocycles. The minimum absolute atomic E-state index is 0.0141. The van der Waals surface area contributed by atoms with Crippen molar-refractivity contribution >= 4 is 34.8 Å². The molecule has 5 aromatic carbocycles. The Bertz CT molecular complexity index is 2190. The molecular formula is C50H57ClN4O6. The number of para-hydroxylation sites is 2. The summed E-state index contributed by atoms with van der Waals surface area (Å²) in [4.78, 5) is 27.3. The number of aliphatic hydroxyl groups is 2. The highest BCUT2D eigenvalue weighted by Gasteiger charge is 2.37. The normalized spacial score (nSPS) is 19.0. The van der Waals surface area contributed by atoms with Gasteiger partial charge < -0.3 is 41.0 Å². The first-order valence-electron chi connectivity index (χ1n) is 21.5. The second kappa shape index (κ2) is 21.1. The van der Waals surface area contributed by atoms with Crippen LogP contribution in [0.15, 0.2) is 121 Å². The Morgan fingerprint density at radius 1 is 0.754 bits per heavy atom. The average Bonchev–Trinajstić information content (AvgIpc) is 3.28. The van der Waals surface area contributed by atoms with Gasteiger partial charge in [0, 0.05) is 56.0 Å². The van der Waals surface area contributed by atoms with Crippen LogP contribution in [-0.2, 0) is 37.8 Å². The van der Waals surface area contributed by atoms with Crippen molar-refractivity contribution in [2.45, 2.75) is 95.0 Å². The Morgan fingerprint density at radius 3 is 2.15 bits per heavy atom. The van der Waals surface area contributed by atoms with Gasteiger partial charge in [-0.1, -0.05) is 115 Å². The lowest BCUT2D eigenvalue weighted by Gasteiger charge is -2.42. The Hall–Kier alpha value is -5.07. The fourth-order valence-corrected chi connectivity index (χ4v) is 8.33. The lowest BCUT2D eigenvalue weighted by molar-refractivity contribution is -0.253. The molecule has 320 valence electrons. The molecule has 61 heavy (non-hydrogen) atoms. The van der Waals surface area contributed by atoms with E-state index >= 15 is 0 Å². The zero-order chi connectivity index (χ0) is 42.6. The summed E-state index contributed by atoms with van der Waals surface area (Å²) in [5.41, 5.74) is 13.0. The third kappa shape index (κ3) is 12.3. The molecule has 5 aromatic rings. The molecule has 0 radical (unpaired) electrons. The summed E-state index contributed by atoms with van der Waals surface area (Å²) in [6.07, 6.45) is 5.20. The maximum atomic E-state index is 12.7. The zero-order valence-corrected chi connectivity index (χ0v) is 35.4. The SMILES string of the molecule is Nc1ccccc1NC(=O)CCCCCCC(=O)NCc1cccc(-c2ccc([C@@H]3O[C@H](CN4CCC(O)(c5ccc(Cl)cc5)CC4)C[C@H](c4ccc(CO)cc4)O3)cc2)c1. The van der Waals surface area contributed by atoms with Gasteiger partial charge in [0.05, 0.1) is 35.8 Å². The first kappa shape index (κ1) is 44.0. The number of carbonyl (C=O) groups is 2. The van der Waals surface area contributed by atoms with Gasteiger partial charge in [0.15, 0.2) is 6.29 Å². The molecule has 7 rings (SSSR count). The van der Waals surface area contributed by atoms with E-state index in [0.29, 0.717) is 55.0 Å². The number of amides is 2. The van der Waals surface area contributed by atoms with E-state index in [0.717, 1.165) is 84.3 Å². The molecule has 0 bridgehead atoms. The summed E-state index contributed by atoms with van der Waals surface area (Å²) in [6, 6.07) is 39.1. The van der Waals surface area contributed by atoms with Gasteiger partial charge in [-0.05, 0) is 89.4 Å². The van der Waals surface area contributed by atoms with E-state index < -0.39 is 11.9 Å². The molecule has 2 aliphatic heterocycles. The Morgan fingerprint density at radius 2 is 1.44 bits per heavy atom. The van der Waals surface area contributed by atoms with Gasteiger partial charge in [-0.2, -0.15) is 0 Å². The first-order chi connectivity index (χ1) is 29.6. The van der Waals surface area contributed by atoms with Crippen molar-refractivity contribution in [2.75, 3.05) is 30.7 Å². The van der Waals surface area contributed by atoms with E-state index in [1.165, 1.54) is 0 Å². The molecule has 6 N–H and O–H groups in total. The van der Waals surface area contributed by atoms with E-state index in [1.54, 1.807) is 12.1 Å². The highest BCUT2D eigenvalue weighted by Crippen LogP contribution is 2.40. The third-order valence-corrected chi connectivity index (χ3v) is 12.1. The molecule has 2 heterocycles. The van der Waals surface area contributed by atoms with Crippen LogP contribution in [0.25, 0.3) is 11.1 Å². The zero-order valence-electron chi connectivity index (χ0n) is 34.6. The largest absolute Gasteiger partial charge is 0.397 e. The smallest absolute Gasteiger partial charge is 0.224 e. The lowest BCUT2D eigenvalue weighted by Crippen LogP contribution is -2.46. The number of aliphatic hydroxyl groups excluding tert-OH is 1. The van der Waals surface area contributed by atoms with Crippen molar-refractivity contribution in [3.05, 3.63) is 154 Å². The minimum atomic E-state index is -0.879. The van der Waals surface area contributed by atoms with Crippen LogP contribution in [0.3, 0.4) is 0 Å². The van der Waals surface area contributed by atoms with Crippen LogP contribution in [0.5, 0.6) is 0 Å². The highest BCUT2D eigenvalue weighted by atomic mass is 35.5. The van der Waals surface area contributed by atoms with Crippen LogP contribution < -0.4 is 16.4 Å². The van der Waals surface area contributed by atoms with Gasteiger partial charge in [0.25, 0.3) is 0 Å². The van der Waals surface area contributed by atoms with Gasteiger partial charge in [0.1, 0.15) is 0 Å². The number of nitrogens with two attached hydrogens (primary N) is 1. The summed E-state index contributed by atoms with van der Waals surface area (Å²) < 4.78 is 13.3. The molecule has 2 saturated heterocycles. The number of halogens is 1. The number of rotatable bonds is 17. The van der Waals surface area contributed by atoms with E-state index in [1.807, 2.05) is 72.8 Å². The predicted molar refractivity (Wildman–Crippen MR) is 240 cm³/mol. The lowest BCUT2D eigenvalue weighted by atomic mass is 9.84. The fourth-order valence-electron chi connectivity index (χ4n) is 8.21. The van der Waals surface area contributed by atoms with Crippen LogP contribution in [0.4, 0.5) is 11.4 Å². The topological polar surface area (TPSA) is 146 Å². The molecule has 0 unspecified atom stereocenters. The van der Waals surface area contributed by atoms with Crippen LogP contribution in [-0.4, -0.2) is 52.7 Å². The number of piperidine rings is 1. The molecule has 10 nitrogen and oxygen atoms in total. The molecule has 2 aliphatic rings. The van der Waals surface area contributed by atoms with Gasteiger partial charge in [0.2, 0.25) is 11.8 Å². The monoisotopic (exact) mass is 844 g/mol. The molecule has 0 saturated carbocycles. The number of hydrogen-bond acceptors (Lipinski definition) is 8. The number of unbranched alkanes of at least 4 members (excludes halogenated alkanes) is 3. The van der Waals surface area contributed by atoms with Crippen molar-refractivity contribution in [3.63, 3.8) is 0 Å². The summed E-state index contributed by atoms with van der Waals surface area (Å²) >= 11 is 6.11. The summed E-state index contributed by atoms with van der Waals surface area (Å²) in [5.74, 6) is -0.0392. The quantitative estimate of drug-likeness (QED) is 0.0460. The molecular weight excluding hydrogens is 788 g/mol. The second-order valence-corrected chi connectivity index (χ2v) is 16.8. The van der Waals surface area contributed by atoms with E-state index in [9.17, 15) is 19.8 Å². The molecule has 3 atom stereocenters. The average molecular weight is 845 g/mol. The fraction of sp³-hybridized carbons (Fsp3) is 0.360. The number of anilines is 2. The van der Waals surface area contributed by atoms with Crippen molar-refractivity contribution in [3.8, 4) is 11.1 Å². The van der Waals surface area contributed by atoms with Gasteiger partial charge in [-0.25, -0.2) is 0 Å². The minimum Gasteiger partial charge on any atom is -0.397 e. The van der Waals surface area contributed by atoms with E-state index in [4.69, 9.17) is 26.8 Å². The summed E-state index contributed by atoms with van der Waals surface area (Å²) in [5, 5.41) is 27.7. The number of nitrogens with zero attached hydrogens (tertiary/aromatic N) is 1. The Labute approximate surface area is 364 Å². The van der Waals surface area contributed by atoms with Gasteiger partial charge in [-0.3, -0.25) is 9.59 Å². The van der Waals surface area contributed by atoms with Crippen LogP contribution in [0.1, 0.15) is 98.0 Å². The van der Waals surface area contributed by atoms with E-state index in [-0.39, 0.29) is 30.6 Å². The van der Waals surface area contributed by atoms with Crippen molar-refractivity contribution < 1.29 is 29.3 Å². The molecule has 2 amide bonds. The standard InChI is InChI=1S/C50H57ClN4O6/c51-42-24-22-41(23-25-42)50(59)26-28-55(29-27-50)33-43-31-46(38-16-14-35(34-56)15-17-38)61-49(60-43)39-20-18-37(19-21-39)40-9-7-8-36(30-40)32-53-47(57)12-3-1-2-4-13-48(58)54-45-11-6-5-10-44(45)52/h5-11,14-25,30,43,46,49,56,59H,1-4,12-13,26-29,31-34,52H2,(H,53,57)(H,54,58)/t43-,46+,49+/m0/s1. The van der Waals surface area contributed by atoms with Crippen molar-refractivity contribution in [1.82, 2.24) is 10.2 Å². The second-order valence-electron chi connectivity index (χ2n) is 16.3. The number of benzene rings is 5. The molecule has 0 aliphatic carbocycles. The van der Waals surface area contributed by atoms with Crippen LogP contribution in [0.2, 0.25) is 5.02 Å². The number of carbonyl (C=O) groups excluding carboxylic acids is 2. The van der Waals surface area contributed by atoms with E-state index in [2.05, 4.69) is 51.9 Å². The highest BCUT2D eigenvalue weighted by molar-refractivity contribution is 6.30. The number of nitrogen functional groups attached to an aromatic ring is 1.